The number of carbonyl (C=O) groups is 2. The van der Waals surface area contributed by atoms with Crippen LogP contribution in [0.5, 0.6) is 11.5 Å². The van der Waals surface area contributed by atoms with Gasteiger partial charge in [-0.3, -0.25) is 9.59 Å². The number of nitrogens with one attached hydrogen (secondary N) is 1. The molecule has 6 nitrogen and oxygen atoms in total. The van der Waals surface area contributed by atoms with Crippen molar-refractivity contribution in [3.05, 3.63) is 77.4 Å². The van der Waals surface area contributed by atoms with Crippen LogP contribution in [0.4, 0.5) is 5.69 Å². The number of hydrogen-bond donors (Lipinski definition) is 1. The first-order valence-corrected chi connectivity index (χ1v) is 13.5. The molecule has 1 N–H and O–H groups in total. The smallest absolute Gasteiger partial charge is 0.254 e. The first-order chi connectivity index (χ1) is 18.2. The van der Waals surface area contributed by atoms with Crippen LogP contribution in [0.3, 0.4) is 0 Å². The number of carbonyl (C=O) groups excluding carboxylic acids is 2. The molecule has 2 aliphatic rings. The number of ether oxygens (including phenoxy) is 2. The molecule has 6 heteroatoms. The van der Waals surface area contributed by atoms with Gasteiger partial charge in [0.2, 0.25) is 12.7 Å². The van der Waals surface area contributed by atoms with Crippen LogP contribution in [0.15, 0.2) is 60.7 Å². The van der Waals surface area contributed by atoms with E-state index in [1.165, 1.54) is 5.56 Å². The predicted octanol–water partition coefficient (Wildman–Crippen LogP) is 6.82. The van der Waals surface area contributed by atoms with Gasteiger partial charge in [-0.25, -0.2) is 0 Å². The molecule has 1 heterocycles. The van der Waals surface area contributed by atoms with E-state index in [0.29, 0.717) is 11.3 Å². The predicted molar refractivity (Wildman–Crippen MR) is 152 cm³/mol. The van der Waals surface area contributed by atoms with E-state index >= 15 is 0 Å². The summed E-state index contributed by atoms with van der Waals surface area (Å²) in [6.07, 6.45) is 2.47. The molecule has 5 rings (SSSR count). The van der Waals surface area contributed by atoms with E-state index in [-0.39, 0.29) is 32.1 Å². The maximum Gasteiger partial charge on any atom is 0.254 e. The minimum atomic E-state index is -0.536. The molecule has 2 amide bonds. The van der Waals surface area contributed by atoms with Gasteiger partial charge >= 0.3 is 0 Å². The van der Waals surface area contributed by atoms with Gasteiger partial charge in [-0.15, -0.1) is 0 Å². The first-order valence-electron chi connectivity index (χ1n) is 13.5. The van der Waals surface area contributed by atoms with Gasteiger partial charge in [0.15, 0.2) is 11.5 Å². The molecule has 1 aliphatic carbocycles. The summed E-state index contributed by atoms with van der Waals surface area (Å²) in [5, 5.41) is 3.17. The third-order valence-corrected chi connectivity index (χ3v) is 7.65. The number of nitrogens with zero attached hydrogens (tertiary/aromatic N) is 1. The SMILES string of the molecule is CCc1ccc(NC(=O)C2(c3ccc4c(c3)OCO4)CC2)cc1-c1ccc(C(=O)N(C(C)C)C(C)C)cc1.[HH]. The third kappa shape index (κ3) is 4.75. The summed E-state index contributed by atoms with van der Waals surface area (Å²) in [4.78, 5) is 28.5. The van der Waals surface area contributed by atoms with Crippen LogP contribution in [-0.4, -0.2) is 35.6 Å². The van der Waals surface area contributed by atoms with Crippen molar-refractivity contribution in [1.29, 1.82) is 0 Å². The van der Waals surface area contributed by atoms with Crippen LogP contribution in [0.25, 0.3) is 11.1 Å². The Labute approximate surface area is 226 Å². The molecule has 0 atom stereocenters. The van der Waals surface area contributed by atoms with Crippen molar-refractivity contribution in [1.82, 2.24) is 4.90 Å². The standard InChI is InChI=1S/C32H36N2O4.H2/c1-6-22-11-13-26(33-31(36)32(15-16-32)25-12-14-28-29(17-25)38-19-37-28)18-27(22)23-7-9-24(10-8-23)30(35)34(20(2)3)21(4)5;/h7-14,17-18,20-21H,6,15-16,19H2,1-5H3,(H,33,36);1H. The van der Waals surface area contributed by atoms with Crippen LogP contribution in [0, 0.1) is 0 Å². The Morgan fingerprint density at radius 3 is 2.24 bits per heavy atom. The Kier molecular flexibility index (Phi) is 6.91. The Balaban J connectivity index is 0.00000353. The molecule has 0 bridgehead atoms. The molecule has 3 aromatic carbocycles. The fourth-order valence-electron chi connectivity index (χ4n) is 5.45. The monoisotopic (exact) mass is 514 g/mol. The molecule has 1 saturated carbocycles. The van der Waals surface area contributed by atoms with Gasteiger partial charge in [0.25, 0.3) is 5.91 Å². The zero-order valence-electron chi connectivity index (χ0n) is 22.8. The quantitative estimate of drug-likeness (QED) is 0.358. The van der Waals surface area contributed by atoms with Gasteiger partial charge in [0, 0.05) is 24.8 Å². The van der Waals surface area contributed by atoms with E-state index in [1.807, 2.05) is 87.2 Å². The lowest BCUT2D eigenvalue weighted by Gasteiger charge is -2.31. The van der Waals surface area contributed by atoms with Gasteiger partial charge in [-0.2, -0.15) is 0 Å². The molecule has 1 aliphatic heterocycles. The highest BCUT2D eigenvalue weighted by Gasteiger charge is 2.51. The Morgan fingerprint density at radius 2 is 1.61 bits per heavy atom. The number of fused-ring (bicyclic) bond motifs is 1. The Morgan fingerprint density at radius 1 is 0.921 bits per heavy atom. The zero-order chi connectivity index (χ0) is 27.0. The summed E-state index contributed by atoms with van der Waals surface area (Å²) in [6.45, 7) is 10.5. The second-order valence-electron chi connectivity index (χ2n) is 10.8. The van der Waals surface area contributed by atoms with Crippen LogP contribution in [0.1, 0.15) is 70.4 Å². The van der Waals surface area contributed by atoms with E-state index in [2.05, 4.69) is 18.3 Å². The van der Waals surface area contributed by atoms with Crippen LogP contribution < -0.4 is 14.8 Å². The number of amides is 2. The number of hydrogen-bond acceptors (Lipinski definition) is 4. The summed E-state index contributed by atoms with van der Waals surface area (Å²) < 4.78 is 11.0. The van der Waals surface area contributed by atoms with Crippen molar-refractivity contribution in [3.8, 4) is 22.6 Å². The van der Waals surface area contributed by atoms with Crippen molar-refractivity contribution in [2.24, 2.45) is 0 Å². The van der Waals surface area contributed by atoms with Crippen molar-refractivity contribution in [2.45, 2.75) is 71.4 Å². The number of anilines is 1. The molecule has 1 fully saturated rings. The Bertz CT molecular complexity index is 1360. The maximum absolute atomic E-state index is 13.5. The van der Waals surface area contributed by atoms with Gasteiger partial charge in [0.1, 0.15) is 0 Å². The minimum Gasteiger partial charge on any atom is -0.454 e. The molecule has 3 aromatic rings. The van der Waals surface area contributed by atoms with E-state index in [9.17, 15) is 9.59 Å². The molecule has 0 unspecified atom stereocenters. The lowest BCUT2D eigenvalue weighted by molar-refractivity contribution is -0.118. The average molecular weight is 515 g/mol. The molecule has 38 heavy (non-hydrogen) atoms. The van der Waals surface area contributed by atoms with E-state index < -0.39 is 5.41 Å². The second-order valence-corrected chi connectivity index (χ2v) is 10.8. The normalized spacial score (nSPS) is 15.0. The molecular formula is C32H38N2O4. The fourth-order valence-corrected chi connectivity index (χ4v) is 5.45. The Hall–Kier alpha value is -3.80. The van der Waals surface area contributed by atoms with E-state index in [1.54, 1.807) is 0 Å². The van der Waals surface area contributed by atoms with Crippen molar-refractivity contribution < 1.29 is 20.5 Å². The molecule has 0 aromatic heterocycles. The second kappa shape index (κ2) is 10.2. The summed E-state index contributed by atoms with van der Waals surface area (Å²) in [5.41, 5.74) is 5.13. The summed E-state index contributed by atoms with van der Waals surface area (Å²) in [6, 6.07) is 19.9. The van der Waals surface area contributed by atoms with Gasteiger partial charge in [-0.1, -0.05) is 31.2 Å². The largest absolute Gasteiger partial charge is 0.454 e. The summed E-state index contributed by atoms with van der Waals surface area (Å²) in [7, 11) is 0. The highest BCUT2D eigenvalue weighted by molar-refractivity contribution is 6.02. The van der Waals surface area contributed by atoms with Gasteiger partial charge in [-0.05, 0) is 106 Å². The average Bonchev–Trinajstić information content (AvgIpc) is 3.59. The highest BCUT2D eigenvalue weighted by Crippen LogP contribution is 2.51. The van der Waals surface area contributed by atoms with Crippen molar-refractivity contribution in [2.75, 3.05) is 12.1 Å². The van der Waals surface area contributed by atoms with Crippen LogP contribution in [0.2, 0.25) is 0 Å². The summed E-state index contributed by atoms with van der Waals surface area (Å²) >= 11 is 0. The lowest BCUT2D eigenvalue weighted by atomic mass is 9.93. The fraction of sp³-hybridized carbons (Fsp3) is 0.375. The zero-order valence-corrected chi connectivity index (χ0v) is 22.8. The van der Waals surface area contributed by atoms with Crippen LogP contribution >= 0.6 is 0 Å². The molecule has 200 valence electrons. The molecule has 0 radical (unpaired) electrons. The number of benzene rings is 3. The van der Waals surface area contributed by atoms with Crippen molar-refractivity contribution in [3.63, 3.8) is 0 Å². The first kappa shape index (κ1) is 25.8. The minimum absolute atomic E-state index is 0. The van der Waals surface area contributed by atoms with Gasteiger partial charge < -0.3 is 19.7 Å². The van der Waals surface area contributed by atoms with Gasteiger partial charge in [0.05, 0.1) is 5.41 Å². The third-order valence-electron chi connectivity index (χ3n) is 7.65. The highest BCUT2D eigenvalue weighted by atomic mass is 16.7. The number of aryl methyl sites for hydroxylation is 1. The molecule has 0 spiro atoms. The molecular weight excluding hydrogens is 476 g/mol. The van der Waals surface area contributed by atoms with Crippen molar-refractivity contribution >= 4 is 17.5 Å². The molecule has 0 saturated heterocycles. The van der Waals surface area contributed by atoms with E-state index in [4.69, 9.17) is 9.47 Å². The summed E-state index contributed by atoms with van der Waals surface area (Å²) in [5.74, 6) is 1.45. The number of rotatable bonds is 8. The maximum atomic E-state index is 13.5. The van der Waals surface area contributed by atoms with Crippen LogP contribution in [-0.2, 0) is 16.6 Å². The topological polar surface area (TPSA) is 67.9 Å². The van der Waals surface area contributed by atoms with E-state index in [0.717, 1.165) is 47.4 Å². The lowest BCUT2D eigenvalue weighted by Crippen LogP contribution is -2.42.